The molecule has 1 aromatic heterocycles. The Labute approximate surface area is 117 Å². The number of nitriles is 1. The van der Waals surface area contributed by atoms with Gasteiger partial charge in [-0.05, 0) is 6.07 Å². The van der Waals surface area contributed by atoms with Gasteiger partial charge in [-0.3, -0.25) is 4.57 Å². The van der Waals surface area contributed by atoms with E-state index in [1.54, 1.807) is 0 Å². The van der Waals surface area contributed by atoms with Crippen molar-refractivity contribution in [1.29, 1.82) is 5.26 Å². The molecule has 0 aliphatic carbocycles. The highest BCUT2D eigenvalue weighted by atomic mass is 19.1. The molecule has 4 atom stereocenters. The molecule has 1 fully saturated rings. The summed E-state index contributed by atoms with van der Waals surface area (Å²) >= 11 is 0. The average Bonchev–Trinajstić information content (AvgIpc) is 2.70. The molecule has 0 radical (unpaired) electrons. The van der Waals surface area contributed by atoms with Gasteiger partial charge in [-0.15, -0.1) is 0 Å². The van der Waals surface area contributed by atoms with Crippen LogP contribution in [0, 0.1) is 11.3 Å². The molecule has 1 aliphatic heterocycles. The van der Waals surface area contributed by atoms with E-state index < -0.39 is 42.5 Å². The first-order chi connectivity index (χ1) is 9.84. The second kappa shape index (κ2) is 5.05. The minimum atomic E-state index is -2.64. The quantitative estimate of drug-likeness (QED) is 0.453. The van der Waals surface area contributed by atoms with Crippen LogP contribution < -0.4 is 11.4 Å². The lowest BCUT2D eigenvalue weighted by Crippen LogP contribution is -2.53. The van der Waals surface area contributed by atoms with Gasteiger partial charge < -0.3 is 25.8 Å². The number of alkyl halides is 1. The van der Waals surface area contributed by atoms with Crippen LogP contribution in [0.25, 0.3) is 0 Å². The number of aromatic nitrogens is 2. The zero-order valence-electron chi connectivity index (χ0n) is 10.7. The van der Waals surface area contributed by atoms with E-state index in [1.165, 1.54) is 12.1 Å². The summed E-state index contributed by atoms with van der Waals surface area (Å²) in [6, 6.07) is 2.59. The highest BCUT2D eigenvalue weighted by Crippen LogP contribution is 2.43. The highest BCUT2D eigenvalue weighted by Gasteiger charge is 2.65. The number of nitrogens with two attached hydrogens (primary N) is 1. The van der Waals surface area contributed by atoms with E-state index in [1.807, 2.05) is 0 Å². The van der Waals surface area contributed by atoms with Gasteiger partial charge in [0.05, 0.1) is 6.61 Å². The van der Waals surface area contributed by atoms with Crippen LogP contribution in [0.5, 0.6) is 0 Å². The summed E-state index contributed by atoms with van der Waals surface area (Å²) in [5.74, 6) is -0.103. The Morgan fingerprint density at radius 2 is 2.33 bits per heavy atom. The lowest BCUT2D eigenvalue weighted by molar-refractivity contribution is -0.139. The molecule has 1 aromatic rings. The van der Waals surface area contributed by atoms with Crippen LogP contribution in [0.1, 0.15) is 6.23 Å². The Kier molecular flexibility index (Phi) is 3.68. The predicted molar refractivity (Wildman–Crippen MR) is 65.4 cm³/mol. The van der Waals surface area contributed by atoms with Gasteiger partial charge in [0, 0.05) is 6.20 Å². The smallest absolute Gasteiger partial charge is 0.351 e. The van der Waals surface area contributed by atoms with E-state index in [4.69, 9.17) is 15.7 Å². The third-order valence-corrected chi connectivity index (χ3v) is 3.42. The molecule has 2 heterocycles. The number of ether oxygens (including phenoxy) is 1. The van der Waals surface area contributed by atoms with E-state index >= 15 is 0 Å². The number of nitrogen functional groups attached to an aromatic ring is 1. The molecule has 0 amide bonds. The van der Waals surface area contributed by atoms with Crippen LogP contribution in [0.15, 0.2) is 17.1 Å². The standard InChI is InChI=1S/C11H13FN4O5/c12-3-10(5-17)7(18)11(20,4-13)8(21-10)16-2-1-6(14)15-9(16)19/h1-2,7-8,17-18,20H,3,5H2,(H2,14,15,19)/t7-,8-,10-,11-/m1/s1. The summed E-state index contributed by atoms with van der Waals surface area (Å²) in [5, 5.41) is 38.5. The molecule has 1 aliphatic rings. The van der Waals surface area contributed by atoms with Gasteiger partial charge in [-0.1, -0.05) is 0 Å². The Hall–Kier alpha value is -2.06. The fraction of sp³-hybridized carbons (Fsp3) is 0.545. The number of hydrogen-bond acceptors (Lipinski definition) is 8. The molecule has 0 unspecified atom stereocenters. The summed E-state index contributed by atoms with van der Waals surface area (Å²) in [5.41, 5.74) is -0.502. The molecular weight excluding hydrogens is 287 g/mol. The number of nitrogens with zero attached hydrogens (tertiary/aromatic N) is 3. The highest BCUT2D eigenvalue weighted by molar-refractivity contribution is 5.25. The van der Waals surface area contributed by atoms with Gasteiger partial charge in [-0.2, -0.15) is 10.2 Å². The Morgan fingerprint density at radius 1 is 1.67 bits per heavy atom. The third kappa shape index (κ3) is 2.07. The van der Waals surface area contributed by atoms with Crippen molar-refractivity contribution < 1.29 is 24.4 Å². The molecule has 2 rings (SSSR count). The summed E-state index contributed by atoms with van der Waals surface area (Å²) in [6.45, 7) is -2.37. The maximum Gasteiger partial charge on any atom is 0.351 e. The normalized spacial score (nSPS) is 35.6. The minimum Gasteiger partial charge on any atom is -0.393 e. The van der Waals surface area contributed by atoms with Crippen molar-refractivity contribution in [3.05, 3.63) is 22.7 Å². The zero-order chi connectivity index (χ0) is 15.8. The number of halogens is 1. The maximum atomic E-state index is 13.1. The monoisotopic (exact) mass is 300 g/mol. The van der Waals surface area contributed by atoms with Crippen molar-refractivity contribution in [3.8, 4) is 6.07 Å². The van der Waals surface area contributed by atoms with E-state index in [2.05, 4.69) is 4.98 Å². The van der Waals surface area contributed by atoms with Crippen molar-refractivity contribution >= 4 is 5.82 Å². The van der Waals surface area contributed by atoms with Crippen LogP contribution >= 0.6 is 0 Å². The fourth-order valence-electron chi connectivity index (χ4n) is 2.17. The number of aliphatic hydroxyl groups is 3. The third-order valence-electron chi connectivity index (χ3n) is 3.42. The molecule has 114 valence electrons. The molecule has 1 saturated heterocycles. The Balaban J connectivity index is 2.58. The molecule has 21 heavy (non-hydrogen) atoms. The van der Waals surface area contributed by atoms with Crippen LogP contribution in [-0.2, 0) is 4.74 Å². The molecule has 0 aromatic carbocycles. The largest absolute Gasteiger partial charge is 0.393 e. The van der Waals surface area contributed by atoms with E-state index in [-0.39, 0.29) is 5.82 Å². The number of hydrogen-bond donors (Lipinski definition) is 4. The lowest BCUT2D eigenvalue weighted by atomic mass is 9.88. The summed E-state index contributed by atoms with van der Waals surface area (Å²) < 4.78 is 18.9. The SMILES string of the molecule is N#C[C@@]1(O)[C@H](O)[C@](CO)(CF)O[C@H]1n1ccc(N)nc1=O. The van der Waals surface area contributed by atoms with Crippen LogP contribution in [0.3, 0.4) is 0 Å². The molecule has 10 heteroatoms. The molecule has 0 saturated carbocycles. The van der Waals surface area contributed by atoms with Gasteiger partial charge in [0.15, 0.2) is 11.8 Å². The van der Waals surface area contributed by atoms with Crippen molar-refractivity contribution in [1.82, 2.24) is 9.55 Å². The van der Waals surface area contributed by atoms with Crippen molar-refractivity contribution in [3.63, 3.8) is 0 Å². The average molecular weight is 300 g/mol. The second-order valence-corrected chi connectivity index (χ2v) is 4.71. The first kappa shape index (κ1) is 15.3. The van der Waals surface area contributed by atoms with E-state index in [9.17, 15) is 24.5 Å². The fourth-order valence-corrected chi connectivity index (χ4v) is 2.17. The van der Waals surface area contributed by atoms with Gasteiger partial charge in [0.2, 0.25) is 5.60 Å². The van der Waals surface area contributed by atoms with Crippen LogP contribution in [0.2, 0.25) is 0 Å². The molecule has 5 N–H and O–H groups in total. The van der Waals surface area contributed by atoms with Crippen molar-refractivity contribution in [2.45, 2.75) is 23.5 Å². The molecule has 0 spiro atoms. The molecule has 0 bridgehead atoms. The lowest BCUT2D eigenvalue weighted by Gasteiger charge is -2.27. The van der Waals surface area contributed by atoms with Crippen molar-refractivity contribution in [2.24, 2.45) is 0 Å². The topological polar surface area (TPSA) is 155 Å². The summed E-state index contributed by atoms with van der Waals surface area (Å²) in [4.78, 5) is 15.1. The second-order valence-electron chi connectivity index (χ2n) is 4.71. The zero-order valence-corrected chi connectivity index (χ0v) is 10.7. The minimum absolute atomic E-state index is 0.103. The first-order valence-electron chi connectivity index (χ1n) is 5.85. The van der Waals surface area contributed by atoms with Gasteiger partial charge in [0.1, 0.15) is 24.7 Å². The molecule has 9 nitrogen and oxygen atoms in total. The Morgan fingerprint density at radius 3 is 2.81 bits per heavy atom. The molecular formula is C11H13FN4O5. The summed E-state index contributed by atoms with van der Waals surface area (Å²) in [7, 11) is 0. The Bertz CT molecular complexity index is 640. The van der Waals surface area contributed by atoms with Crippen molar-refractivity contribution in [2.75, 3.05) is 19.0 Å². The van der Waals surface area contributed by atoms with Gasteiger partial charge in [-0.25, -0.2) is 9.18 Å². The number of anilines is 1. The van der Waals surface area contributed by atoms with Crippen LogP contribution in [0.4, 0.5) is 10.2 Å². The van der Waals surface area contributed by atoms with E-state index in [0.29, 0.717) is 4.57 Å². The predicted octanol–water partition coefficient (Wildman–Crippen LogP) is -2.33. The van der Waals surface area contributed by atoms with Gasteiger partial charge >= 0.3 is 5.69 Å². The maximum absolute atomic E-state index is 13.1. The number of aliphatic hydroxyl groups excluding tert-OH is 2. The summed E-state index contributed by atoms with van der Waals surface area (Å²) in [6.07, 6.45) is -2.74. The van der Waals surface area contributed by atoms with Gasteiger partial charge in [0.25, 0.3) is 0 Å². The first-order valence-corrected chi connectivity index (χ1v) is 5.85. The van der Waals surface area contributed by atoms with Crippen LogP contribution in [-0.4, -0.2) is 55.5 Å². The number of rotatable bonds is 3. The van der Waals surface area contributed by atoms with E-state index in [0.717, 1.165) is 6.20 Å².